The van der Waals surface area contributed by atoms with E-state index >= 15 is 0 Å². The van der Waals surface area contributed by atoms with Gasteiger partial charge in [-0.15, -0.1) is 0 Å². The van der Waals surface area contributed by atoms with Crippen LogP contribution >= 0.6 is 27.5 Å². The largest absolute Gasteiger partial charge is 0.461 e. The molecule has 86 valence electrons. The number of ether oxygens (including phenoxy) is 1. The normalized spacial score (nSPS) is 11.2. The van der Waals surface area contributed by atoms with Gasteiger partial charge in [-0.25, -0.2) is 0 Å². The standard InChI is InChI=1S/C8H4BrClF4O.Zn/c9-5-3-4(10)1-2-6(5)15-8(13,14)7(11)12;/h1-3,7H;. The van der Waals surface area contributed by atoms with Gasteiger partial charge in [-0.2, -0.15) is 17.6 Å². The molecule has 0 aliphatic carbocycles. The SMILES string of the molecule is FC(F)C(F)(F)Oc1ccc(Cl)cc1Br.[Zn]. The summed E-state index contributed by atoms with van der Waals surface area (Å²) in [5, 5.41) is 0.273. The molecule has 0 amide bonds. The van der Waals surface area contributed by atoms with Gasteiger partial charge in [-0.1, -0.05) is 11.6 Å². The third kappa shape index (κ3) is 4.19. The summed E-state index contributed by atoms with van der Waals surface area (Å²) in [6, 6.07) is 3.59. The summed E-state index contributed by atoms with van der Waals surface area (Å²) in [6.45, 7) is 0. The van der Waals surface area contributed by atoms with Crippen LogP contribution in [-0.4, -0.2) is 12.5 Å². The smallest absolute Gasteiger partial charge is 0.427 e. The van der Waals surface area contributed by atoms with Gasteiger partial charge in [0.25, 0.3) is 0 Å². The average molecular weight is 373 g/mol. The van der Waals surface area contributed by atoms with Crippen molar-refractivity contribution in [2.75, 3.05) is 0 Å². The Balaban J connectivity index is 0.00000225. The van der Waals surface area contributed by atoms with E-state index in [4.69, 9.17) is 11.6 Å². The van der Waals surface area contributed by atoms with Gasteiger partial charge in [0, 0.05) is 24.5 Å². The topological polar surface area (TPSA) is 9.23 Å². The van der Waals surface area contributed by atoms with E-state index in [1.165, 1.54) is 12.1 Å². The summed E-state index contributed by atoms with van der Waals surface area (Å²) in [5.41, 5.74) is 0. The van der Waals surface area contributed by atoms with E-state index in [-0.39, 0.29) is 29.0 Å². The minimum atomic E-state index is -4.52. The minimum Gasteiger partial charge on any atom is -0.427 e. The fourth-order valence-corrected chi connectivity index (χ4v) is 1.51. The van der Waals surface area contributed by atoms with Gasteiger partial charge in [-0.05, 0) is 34.1 Å². The van der Waals surface area contributed by atoms with Crippen molar-refractivity contribution < 1.29 is 41.8 Å². The molecule has 0 atom stereocenters. The van der Waals surface area contributed by atoms with Crippen LogP contribution in [0.25, 0.3) is 0 Å². The van der Waals surface area contributed by atoms with Gasteiger partial charge in [0.05, 0.1) is 4.47 Å². The van der Waals surface area contributed by atoms with Gasteiger partial charge in [0.15, 0.2) is 0 Å². The summed E-state index contributed by atoms with van der Waals surface area (Å²) in [5.74, 6) is -0.398. The predicted octanol–water partition coefficient (Wildman–Crippen LogP) is 4.34. The molecule has 0 radical (unpaired) electrons. The summed E-state index contributed by atoms with van der Waals surface area (Å²) in [4.78, 5) is 0. The van der Waals surface area contributed by atoms with E-state index in [9.17, 15) is 17.6 Å². The summed E-state index contributed by atoms with van der Waals surface area (Å²) < 4.78 is 52.5. The molecule has 0 N–H and O–H groups in total. The van der Waals surface area contributed by atoms with E-state index in [0.717, 1.165) is 6.07 Å². The molecule has 8 heteroatoms. The quantitative estimate of drug-likeness (QED) is 0.566. The molecule has 1 rings (SSSR count). The van der Waals surface area contributed by atoms with E-state index in [1.54, 1.807) is 0 Å². The zero-order valence-electron chi connectivity index (χ0n) is 7.69. The number of alkyl halides is 4. The maximum Gasteiger partial charge on any atom is 0.461 e. The van der Waals surface area contributed by atoms with Crippen molar-refractivity contribution in [1.29, 1.82) is 0 Å². The Bertz CT molecular complexity index is 364. The number of benzene rings is 1. The van der Waals surface area contributed by atoms with Crippen molar-refractivity contribution in [1.82, 2.24) is 0 Å². The first-order chi connectivity index (χ1) is 6.83. The van der Waals surface area contributed by atoms with Gasteiger partial charge in [0.1, 0.15) is 5.75 Å². The van der Waals surface area contributed by atoms with Gasteiger partial charge in [-0.3, -0.25) is 0 Å². The third-order valence-corrected chi connectivity index (χ3v) is 2.25. The van der Waals surface area contributed by atoms with E-state index in [2.05, 4.69) is 20.7 Å². The molecule has 0 saturated carbocycles. The monoisotopic (exact) mass is 370 g/mol. The fraction of sp³-hybridized carbons (Fsp3) is 0.250. The fourth-order valence-electron chi connectivity index (χ4n) is 0.749. The van der Waals surface area contributed by atoms with Crippen molar-refractivity contribution in [3.63, 3.8) is 0 Å². The van der Waals surface area contributed by atoms with Crippen molar-refractivity contribution in [2.24, 2.45) is 0 Å². The Hall–Kier alpha value is 0.133. The Morgan fingerprint density at radius 3 is 2.31 bits per heavy atom. The minimum absolute atomic E-state index is 0. The molecular formula is C8H4BrClF4OZn. The summed E-state index contributed by atoms with van der Waals surface area (Å²) in [6.07, 6.45) is -8.41. The molecule has 1 aromatic rings. The molecule has 16 heavy (non-hydrogen) atoms. The second-order valence-corrected chi connectivity index (χ2v) is 3.83. The second kappa shape index (κ2) is 6.17. The molecule has 0 fully saturated rings. The van der Waals surface area contributed by atoms with Crippen LogP contribution in [0.15, 0.2) is 22.7 Å². The maximum atomic E-state index is 12.5. The van der Waals surface area contributed by atoms with Crippen molar-refractivity contribution in [2.45, 2.75) is 12.5 Å². The first-order valence-electron chi connectivity index (χ1n) is 3.63. The van der Waals surface area contributed by atoms with Crippen molar-refractivity contribution >= 4 is 27.5 Å². The molecule has 1 aromatic carbocycles. The maximum absolute atomic E-state index is 12.5. The van der Waals surface area contributed by atoms with Crippen LogP contribution in [0.1, 0.15) is 0 Å². The zero-order valence-corrected chi connectivity index (χ0v) is 13.0. The third-order valence-electron chi connectivity index (χ3n) is 1.39. The van der Waals surface area contributed by atoms with Gasteiger partial charge in [0.2, 0.25) is 0 Å². The predicted molar refractivity (Wildman–Crippen MR) is 50.7 cm³/mol. The molecular weight excluding hydrogens is 369 g/mol. The number of rotatable bonds is 3. The van der Waals surface area contributed by atoms with Crippen molar-refractivity contribution in [3.8, 4) is 5.75 Å². The van der Waals surface area contributed by atoms with Gasteiger partial charge < -0.3 is 4.74 Å². The molecule has 0 aliphatic heterocycles. The molecule has 0 aromatic heterocycles. The van der Waals surface area contributed by atoms with Crippen LogP contribution in [0.4, 0.5) is 17.6 Å². The van der Waals surface area contributed by atoms with Crippen LogP contribution in [0, 0.1) is 0 Å². The Morgan fingerprint density at radius 2 is 1.88 bits per heavy atom. The van der Waals surface area contributed by atoms with Gasteiger partial charge >= 0.3 is 12.5 Å². The Kier molecular flexibility index (Phi) is 6.22. The zero-order chi connectivity index (χ0) is 11.6. The molecule has 0 bridgehead atoms. The number of hydrogen-bond acceptors (Lipinski definition) is 1. The average Bonchev–Trinajstić information content (AvgIpc) is 2.09. The first kappa shape index (κ1) is 16.1. The second-order valence-electron chi connectivity index (χ2n) is 2.54. The first-order valence-corrected chi connectivity index (χ1v) is 4.80. The molecule has 0 spiro atoms. The summed E-state index contributed by atoms with van der Waals surface area (Å²) >= 11 is 8.39. The molecule has 0 heterocycles. The van der Waals surface area contributed by atoms with E-state index < -0.39 is 18.3 Å². The van der Waals surface area contributed by atoms with Crippen LogP contribution < -0.4 is 4.74 Å². The van der Waals surface area contributed by atoms with E-state index in [1.807, 2.05) is 0 Å². The van der Waals surface area contributed by atoms with Crippen molar-refractivity contribution in [3.05, 3.63) is 27.7 Å². The molecule has 0 unspecified atom stereocenters. The van der Waals surface area contributed by atoms with Crippen LogP contribution in [0.2, 0.25) is 5.02 Å². The number of halogens is 6. The Morgan fingerprint density at radius 1 is 1.31 bits per heavy atom. The molecule has 0 aliphatic rings. The van der Waals surface area contributed by atoms with E-state index in [0.29, 0.717) is 0 Å². The molecule has 1 nitrogen and oxygen atoms in total. The molecule has 0 saturated heterocycles. The number of hydrogen-bond donors (Lipinski definition) is 0. The Labute approximate surface area is 115 Å². The van der Waals surface area contributed by atoms with Crippen LogP contribution in [0.3, 0.4) is 0 Å². The summed E-state index contributed by atoms with van der Waals surface area (Å²) in [7, 11) is 0. The van der Waals surface area contributed by atoms with Crippen LogP contribution in [0.5, 0.6) is 5.75 Å². The van der Waals surface area contributed by atoms with Crippen LogP contribution in [-0.2, 0) is 19.5 Å².